The van der Waals surface area contributed by atoms with Crippen LogP contribution in [0.15, 0.2) is 0 Å². The molecule has 3 nitrogen and oxygen atoms in total. The molecule has 1 aliphatic carbocycles. The van der Waals surface area contributed by atoms with Crippen LogP contribution in [0.1, 0.15) is 51.4 Å². The average molecular weight is 228 g/mol. The number of hydrogen-bond acceptors (Lipinski definition) is 3. The summed E-state index contributed by atoms with van der Waals surface area (Å²) in [4.78, 5) is 0. The molecule has 0 spiro atoms. The third-order valence-corrected chi connectivity index (χ3v) is 4.67. The first-order chi connectivity index (χ1) is 7.72. The molecule has 2 N–H and O–H groups in total. The molecule has 0 bridgehead atoms. The van der Waals surface area contributed by atoms with Gasteiger partial charge in [-0.05, 0) is 12.8 Å². The second-order valence-corrected chi connectivity index (χ2v) is 5.50. The van der Waals surface area contributed by atoms with Crippen molar-refractivity contribution in [3.8, 4) is 0 Å². The molecule has 1 saturated carbocycles. The maximum Gasteiger partial charge on any atom is 0.0769 e. The number of aliphatic hydroxyl groups excluding tert-OH is 1. The maximum atomic E-state index is 10.8. The summed E-state index contributed by atoms with van der Waals surface area (Å²) in [5.74, 6) is 0. The van der Waals surface area contributed by atoms with Crippen molar-refractivity contribution in [2.45, 2.75) is 57.0 Å². The lowest BCUT2D eigenvalue weighted by Crippen LogP contribution is -2.53. The van der Waals surface area contributed by atoms with Crippen LogP contribution in [0.2, 0.25) is 0 Å². The van der Waals surface area contributed by atoms with Gasteiger partial charge in [-0.15, -0.1) is 0 Å². The highest BCUT2D eigenvalue weighted by molar-refractivity contribution is 5.00. The van der Waals surface area contributed by atoms with Crippen LogP contribution in [0.4, 0.5) is 0 Å². The summed E-state index contributed by atoms with van der Waals surface area (Å²) in [5, 5.41) is 20.6. The van der Waals surface area contributed by atoms with E-state index < -0.39 is 5.60 Å². The van der Waals surface area contributed by atoms with Gasteiger partial charge in [0.25, 0.3) is 0 Å². The Morgan fingerprint density at radius 1 is 0.875 bits per heavy atom. The van der Waals surface area contributed by atoms with Crippen LogP contribution < -0.4 is 0 Å². The summed E-state index contributed by atoms with van der Waals surface area (Å²) < 4.78 is 5.33. The van der Waals surface area contributed by atoms with Crippen LogP contribution in [-0.4, -0.2) is 35.6 Å². The predicted molar refractivity (Wildman–Crippen MR) is 62.2 cm³/mol. The zero-order valence-corrected chi connectivity index (χ0v) is 10.1. The molecule has 16 heavy (non-hydrogen) atoms. The van der Waals surface area contributed by atoms with Crippen LogP contribution >= 0.6 is 0 Å². The monoisotopic (exact) mass is 228 g/mol. The molecule has 0 aromatic rings. The fraction of sp³-hybridized carbons (Fsp3) is 1.00. The van der Waals surface area contributed by atoms with E-state index in [9.17, 15) is 10.2 Å². The molecule has 0 aromatic heterocycles. The standard InChI is InChI=1S/C13H24O3/c14-11-12(5-3-1-2-4-6-12)13(15)7-9-16-10-8-13/h14-15H,1-11H2. The fourth-order valence-corrected chi connectivity index (χ4v) is 3.42. The van der Waals surface area contributed by atoms with Crippen molar-refractivity contribution in [3.05, 3.63) is 0 Å². The van der Waals surface area contributed by atoms with E-state index in [1.54, 1.807) is 0 Å². The third-order valence-electron chi connectivity index (χ3n) is 4.67. The predicted octanol–water partition coefficient (Wildman–Crippen LogP) is 1.86. The quantitative estimate of drug-likeness (QED) is 0.709. The van der Waals surface area contributed by atoms with Crippen LogP contribution in [-0.2, 0) is 4.74 Å². The zero-order chi connectivity index (χ0) is 11.5. The van der Waals surface area contributed by atoms with Gasteiger partial charge in [-0.3, -0.25) is 0 Å². The van der Waals surface area contributed by atoms with E-state index in [1.807, 2.05) is 0 Å². The summed E-state index contributed by atoms with van der Waals surface area (Å²) in [6.45, 7) is 1.40. The lowest BCUT2D eigenvalue weighted by atomic mass is 9.64. The number of rotatable bonds is 2. The molecule has 2 rings (SSSR count). The molecule has 3 heteroatoms. The van der Waals surface area contributed by atoms with Crippen LogP contribution in [0.5, 0.6) is 0 Å². The molecule has 2 fully saturated rings. The largest absolute Gasteiger partial charge is 0.396 e. The van der Waals surface area contributed by atoms with Gasteiger partial charge in [0.15, 0.2) is 0 Å². The molecule has 0 radical (unpaired) electrons. The molecular weight excluding hydrogens is 204 g/mol. The molecule has 1 aliphatic heterocycles. The molecule has 0 atom stereocenters. The Labute approximate surface area is 97.8 Å². The number of ether oxygens (including phenoxy) is 1. The minimum atomic E-state index is -0.690. The van der Waals surface area contributed by atoms with Crippen molar-refractivity contribution >= 4 is 0 Å². The Kier molecular flexibility index (Phi) is 3.88. The SMILES string of the molecule is OCC1(C2(O)CCOCC2)CCCCCC1. The number of aliphatic hydroxyl groups is 2. The minimum Gasteiger partial charge on any atom is -0.396 e. The van der Waals surface area contributed by atoms with Gasteiger partial charge in [0, 0.05) is 31.5 Å². The van der Waals surface area contributed by atoms with Crippen molar-refractivity contribution in [2.24, 2.45) is 5.41 Å². The third kappa shape index (κ3) is 2.13. The smallest absolute Gasteiger partial charge is 0.0769 e. The first-order valence-corrected chi connectivity index (χ1v) is 6.63. The van der Waals surface area contributed by atoms with Crippen molar-refractivity contribution in [1.29, 1.82) is 0 Å². The van der Waals surface area contributed by atoms with Gasteiger partial charge in [-0.25, -0.2) is 0 Å². The van der Waals surface area contributed by atoms with Gasteiger partial charge < -0.3 is 14.9 Å². The van der Waals surface area contributed by atoms with E-state index in [0.717, 1.165) is 25.7 Å². The van der Waals surface area contributed by atoms with Gasteiger partial charge in [0.2, 0.25) is 0 Å². The zero-order valence-electron chi connectivity index (χ0n) is 10.1. The Bertz CT molecular complexity index is 213. The van der Waals surface area contributed by atoms with Crippen molar-refractivity contribution in [2.75, 3.05) is 19.8 Å². The van der Waals surface area contributed by atoms with E-state index in [2.05, 4.69) is 0 Å². The van der Waals surface area contributed by atoms with Gasteiger partial charge >= 0.3 is 0 Å². The molecule has 0 unspecified atom stereocenters. The van der Waals surface area contributed by atoms with E-state index in [-0.39, 0.29) is 12.0 Å². The second-order valence-electron chi connectivity index (χ2n) is 5.50. The van der Waals surface area contributed by atoms with Crippen molar-refractivity contribution in [1.82, 2.24) is 0 Å². The normalized spacial score (nSPS) is 29.6. The van der Waals surface area contributed by atoms with E-state index in [4.69, 9.17) is 4.74 Å². The van der Waals surface area contributed by atoms with Crippen molar-refractivity contribution in [3.63, 3.8) is 0 Å². The van der Waals surface area contributed by atoms with Crippen LogP contribution in [0.3, 0.4) is 0 Å². The molecule has 1 heterocycles. The summed E-state index contributed by atoms with van der Waals surface area (Å²) in [6, 6.07) is 0. The Hall–Kier alpha value is -0.120. The number of hydrogen-bond donors (Lipinski definition) is 2. The first kappa shape index (κ1) is 12.3. The summed E-state index contributed by atoms with van der Waals surface area (Å²) in [5.41, 5.74) is -0.947. The van der Waals surface area contributed by atoms with Gasteiger partial charge in [0.1, 0.15) is 0 Å². The molecule has 0 aromatic carbocycles. The van der Waals surface area contributed by atoms with Gasteiger partial charge in [-0.2, -0.15) is 0 Å². The Balaban J connectivity index is 2.16. The summed E-state index contributed by atoms with van der Waals surface area (Å²) >= 11 is 0. The molecule has 2 aliphatic rings. The molecular formula is C13H24O3. The minimum absolute atomic E-state index is 0.128. The highest BCUT2D eigenvalue weighted by Crippen LogP contribution is 2.47. The second kappa shape index (κ2) is 5.03. The molecule has 0 amide bonds. The van der Waals surface area contributed by atoms with Crippen molar-refractivity contribution < 1.29 is 14.9 Å². The highest BCUT2D eigenvalue weighted by atomic mass is 16.5. The van der Waals surface area contributed by atoms with Crippen LogP contribution in [0.25, 0.3) is 0 Å². The van der Waals surface area contributed by atoms with E-state index >= 15 is 0 Å². The van der Waals surface area contributed by atoms with E-state index in [1.165, 1.54) is 12.8 Å². The summed E-state index contributed by atoms with van der Waals surface area (Å²) in [6.07, 6.45) is 8.09. The average Bonchev–Trinajstić information content (AvgIpc) is 2.56. The van der Waals surface area contributed by atoms with E-state index in [0.29, 0.717) is 26.1 Å². The Morgan fingerprint density at radius 3 is 1.94 bits per heavy atom. The topological polar surface area (TPSA) is 49.7 Å². The lowest BCUT2D eigenvalue weighted by Gasteiger charge is -2.48. The van der Waals surface area contributed by atoms with Gasteiger partial charge in [-0.1, -0.05) is 25.7 Å². The molecule has 94 valence electrons. The molecule has 1 saturated heterocycles. The van der Waals surface area contributed by atoms with Crippen LogP contribution in [0, 0.1) is 5.41 Å². The first-order valence-electron chi connectivity index (χ1n) is 6.63. The van der Waals surface area contributed by atoms with Gasteiger partial charge in [0.05, 0.1) is 12.2 Å². The fourth-order valence-electron chi connectivity index (χ4n) is 3.42. The maximum absolute atomic E-state index is 10.8. The Morgan fingerprint density at radius 2 is 1.44 bits per heavy atom. The highest BCUT2D eigenvalue weighted by Gasteiger charge is 2.49. The summed E-state index contributed by atoms with van der Waals surface area (Å²) in [7, 11) is 0. The lowest BCUT2D eigenvalue weighted by molar-refractivity contribution is -0.165.